The van der Waals surface area contributed by atoms with Crippen LogP contribution in [0.5, 0.6) is 11.5 Å². The Hall–Kier alpha value is -4.70. The number of ether oxygens (including phenoxy) is 2. The van der Waals surface area contributed by atoms with E-state index in [4.69, 9.17) is 25.4 Å². The molecule has 2 heterocycles. The molecular formula is C34H44N6O4. The second-order valence-corrected chi connectivity index (χ2v) is 10.7. The van der Waals surface area contributed by atoms with Crippen molar-refractivity contribution in [2.45, 2.75) is 38.1 Å². The van der Waals surface area contributed by atoms with Crippen molar-refractivity contribution in [1.29, 1.82) is 5.41 Å². The van der Waals surface area contributed by atoms with Gasteiger partial charge in [-0.3, -0.25) is 9.69 Å². The molecule has 1 amide bonds. The number of carbonyl (C=O) groups excluding carboxylic acids is 2. The van der Waals surface area contributed by atoms with Crippen LogP contribution in [-0.2, 0) is 16.0 Å². The second kappa shape index (κ2) is 16.8. The molecule has 0 saturated carbocycles. The average molecular weight is 601 g/mol. The SMILES string of the molecule is C=O.CNCCC1(CCCCc2ccc(OC)cc2)CN(c2ccc(/C(C=N)=C/N)cn2)C(=O)C1Nc1cccc(OC)c1. The predicted octanol–water partition coefficient (Wildman–Crippen LogP) is 4.70. The number of aromatic nitrogens is 1. The quantitative estimate of drug-likeness (QED) is 0.145. The molecule has 0 radical (unpaired) electrons. The van der Waals surface area contributed by atoms with Gasteiger partial charge in [0, 0.05) is 53.5 Å². The molecule has 1 aliphatic rings. The standard InChI is InChI=1S/C33H42N6O3.CH2O/c1-36-18-17-33(16-5-4-7-24-10-13-28(41-2)14-11-24)23-39(30-15-12-25(22-37-30)26(20-34)21-35)32(40)31(33)38-27-8-6-9-29(19-27)42-3;1-2/h6,8-15,19-22,31,34,36,38H,4-5,7,16-18,23,35H2,1-3H3;1H2/b26-21+,34-20?;. The van der Waals surface area contributed by atoms with Gasteiger partial charge >= 0.3 is 0 Å². The van der Waals surface area contributed by atoms with Crippen LogP contribution < -0.4 is 30.7 Å². The lowest BCUT2D eigenvalue weighted by atomic mass is 9.75. The summed E-state index contributed by atoms with van der Waals surface area (Å²) >= 11 is 0. The molecule has 2 unspecified atom stereocenters. The number of pyridine rings is 1. The highest BCUT2D eigenvalue weighted by Gasteiger charge is 2.52. The fraction of sp³-hybridized carbons (Fsp3) is 0.353. The van der Waals surface area contributed by atoms with Crippen molar-refractivity contribution in [3.63, 3.8) is 0 Å². The molecule has 3 aromatic rings. The fourth-order valence-electron chi connectivity index (χ4n) is 5.68. The minimum atomic E-state index is -0.443. The van der Waals surface area contributed by atoms with Crippen molar-refractivity contribution >= 4 is 36.0 Å². The molecule has 5 N–H and O–H groups in total. The van der Waals surface area contributed by atoms with Gasteiger partial charge in [-0.1, -0.05) is 24.6 Å². The Kier molecular flexibility index (Phi) is 12.9. The van der Waals surface area contributed by atoms with E-state index in [1.54, 1.807) is 25.3 Å². The number of nitrogens with zero attached hydrogens (tertiary/aromatic N) is 2. The lowest BCUT2D eigenvalue weighted by Crippen LogP contribution is -2.43. The Morgan fingerprint density at radius 1 is 1.09 bits per heavy atom. The van der Waals surface area contributed by atoms with Gasteiger partial charge in [0.15, 0.2) is 0 Å². The highest BCUT2D eigenvalue weighted by molar-refractivity contribution is 6.08. The number of methoxy groups -OCH3 is 2. The zero-order chi connectivity index (χ0) is 32.0. The number of nitrogens with two attached hydrogens (primary N) is 1. The summed E-state index contributed by atoms with van der Waals surface area (Å²) in [6, 6.07) is 19.2. The fourth-order valence-corrected chi connectivity index (χ4v) is 5.68. The summed E-state index contributed by atoms with van der Waals surface area (Å²) in [5, 5.41) is 14.5. The highest BCUT2D eigenvalue weighted by atomic mass is 16.5. The molecule has 10 heteroatoms. The molecule has 10 nitrogen and oxygen atoms in total. The predicted molar refractivity (Wildman–Crippen MR) is 177 cm³/mol. The van der Waals surface area contributed by atoms with Gasteiger partial charge in [0.2, 0.25) is 0 Å². The molecule has 1 fully saturated rings. The lowest BCUT2D eigenvalue weighted by molar-refractivity contribution is -0.118. The maximum Gasteiger partial charge on any atom is 0.251 e. The number of rotatable bonds is 15. The number of benzene rings is 2. The normalized spacial score (nSPS) is 17.9. The number of anilines is 2. The molecule has 0 aliphatic carbocycles. The minimum absolute atomic E-state index is 0.00836. The van der Waals surface area contributed by atoms with Crippen LogP contribution in [0, 0.1) is 10.8 Å². The number of amides is 1. The summed E-state index contributed by atoms with van der Waals surface area (Å²) in [6.07, 6.45) is 8.89. The number of aryl methyl sites for hydroxylation is 1. The van der Waals surface area contributed by atoms with Crippen molar-refractivity contribution in [2.75, 3.05) is 44.6 Å². The van der Waals surface area contributed by atoms with Crippen LogP contribution in [0.15, 0.2) is 73.1 Å². The van der Waals surface area contributed by atoms with Crippen LogP contribution in [0.3, 0.4) is 0 Å². The summed E-state index contributed by atoms with van der Waals surface area (Å²) < 4.78 is 10.7. The number of hydrogen-bond donors (Lipinski definition) is 4. The summed E-state index contributed by atoms with van der Waals surface area (Å²) in [4.78, 5) is 28.6. The van der Waals surface area contributed by atoms with E-state index in [2.05, 4.69) is 27.8 Å². The molecule has 2 aromatic carbocycles. The largest absolute Gasteiger partial charge is 0.497 e. The first-order chi connectivity index (χ1) is 21.5. The third-order valence-electron chi connectivity index (χ3n) is 8.09. The number of allylic oxidation sites excluding steroid dienone is 1. The molecular weight excluding hydrogens is 556 g/mol. The van der Waals surface area contributed by atoms with Gasteiger partial charge in [0.25, 0.3) is 5.91 Å². The number of hydrogen-bond acceptors (Lipinski definition) is 9. The van der Waals surface area contributed by atoms with E-state index in [1.165, 1.54) is 18.0 Å². The van der Waals surface area contributed by atoms with Crippen LogP contribution in [-0.4, -0.2) is 64.3 Å². The van der Waals surface area contributed by atoms with Crippen molar-refractivity contribution in [1.82, 2.24) is 10.3 Å². The van der Waals surface area contributed by atoms with E-state index >= 15 is 0 Å². The Labute approximate surface area is 260 Å². The zero-order valence-corrected chi connectivity index (χ0v) is 25.8. The molecule has 1 aliphatic heterocycles. The smallest absolute Gasteiger partial charge is 0.251 e. The summed E-state index contributed by atoms with van der Waals surface area (Å²) in [6.45, 7) is 3.33. The van der Waals surface area contributed by atoms with Gasteiger partial charge in [-0.15, -0.1) is 0 Å². The maximum absolute atomic E-state index is 14.2. The van der Waals surface area contributed by atoms with E-state index in [9.17, 15) is 4.79 Å². The Morgan fingerprint density at radius 2 is 1.84 bits per heavy atom. The second-order valence-electron chi connectivity index (χ2n) is 10.7. The van der Waals surface area contributed by atoms with Gasteiger partial charge in [-0.05, 0) is 81.2 Å². The molecule has 0 spiro atoms. The van der Waals surface area contributed by atoms with E-state index < -0.39 is 6.04 Å². The molecule has 4 rings (SSSR count). The van der Waals surface area contributed by atoms with Gasteiger partial charge < -0.3 is 36.0 Å². The van der Waals surface area contributed by atoms with Crippen LogP contribution in [0.4, 0.5) is 11.5 Å². The van der Waals surface area contributed by atoms with Gasteiger partial charge in [0.1, 0.15) is 30.1 Å². The van der Waals surface area contributed by atoms with Crippen LogP contribution in [0.2, 0.25) is 0 Å². The first-order valence-corrected chi connectivity index (χ1v) is 14.6. The molecule has 1 aromatic heterocycles. The van der Waals surface area contributed by atoms with Gasteiger partial charge in [-0.2, -0.15) is 0 Å². The van der Waals surface area contributed by atoms with Crippen molar-refractivity contribution in [2.24, 2.45) is 11.1 Å². The first-order valence-electron chi connectivity index (χ1n) is 14.6. The third-order valence-corrected chi connectivity index (χ3v) is 8.09. The number of carbonyl (C=O) groups is 2. The van der Waals surface area contributed by atoms with Crippen LogP contribution >= 0.6 is 0 Å². The van der Waals surface area contributed by atoms with Crippen molar-refractivity contribution in [3.8, 4) is 11.5 Å². The van der Waals surface area contributed by atoms with E-state index in [-0.39, 0.29) is 11.3 Å². The Morgan fingerprint density at radius 3 is 2.45 bits per heavy atom. The van der Waals surface area contributed by atoms with Crippen LogP contribution in [0.1, 0.15) is 36.8 Å². The van der Waals surface area contributed by atoms with E-state index in [1.807, 2.05) is 62.4 Å². The summed E-state index contributed by atoms with van der Waals surface area (Å²) in [5.41, 5.74) is 8.75. The lowest BCUT2D eigenvalue weighted by Gasteiger charge is -2.34. The summed E-state index contributed by atoms with van der Waals surface area (Å²) in [5.74, 6) is 2.17. The van der Waals surface area contributed by atoms with E-state index in [0.29, 0.717) is 17.9 Å². The number of nitrogens with one attached hydrogen (secondary N) is 3. The third kappa shape index (κ3) is 8.23. The summed E-state index contributed by atoms with van der Waals surface area (Å²) in [7, 11) is 5.26. The molecule has 234 valence electrons. The Balaban J connectivity index is 0.00000259. The van der Waals surface area contributed by atoms with E-state index in [0.717, 1.165) is 61.4 Å². The molecule has 2 atom stereocenters. The van der Waals surface area contributed by atoms with Gasteiger partial charge in [0.05, 0.1) is 14.2 Å². The minimum Gasteiger partial charge on any atom is -0.497 e. The molecule has 1 saturated heterocycles. The van der Waals surface area contributed by atoms with Crippen molar-refractivity contribution < 1.29 is 19.1 Å². The van der Waals surface area contributed by atoms with Crippen LogP contribution in [0.25, 0.3) is 5.57 Å². The maximum atomic E-state index is 14.2. The monoisotopic (exact) mass is 600 g/mol. The zero-order valence-electron chi connectivity index (χ0n) is 25.8. The molecule has 44 heavy (non-hydrogen) atoms. The average Bonchev–Trinajstić information content (AvgIpc) is 3.35. The Bertz CT molecular complexity index is 1380. The highest BCUT2D eigenvalue weighted by Crippen LogP contribution is 2.43. The van der Waals surface area contributed by atoms with Crippen molar-refractivity contribution in [3.05, 3.63) is 84.2 Å². The topological polar surface area (TPSA) is 143 Å². The number of unbranched alkanes of at least 4 members (excludes halogenated alkanes) is 1. The first kappa shape index (κ1) is 33.8. The van der Waals surface area contributed by atoms with Gasteiger partial charge in [-0.25, -0.2) is 4.98 Å². The molecule has 0 bridgehead atoms.